The number of nitrogens with zero attached hydrogens (tertiary/aromatic N) is 1. The molecule has 0 aromatic heterocycles. The van der Waals surface area contributed by atoms with Gasteiger partial charge in [-0.15, -0.1) is 12.4 Å². The van der Waals surface area contributed by atoms with Gasteiger partial charge < -0.3 is 15.0 Å². The number of aryl methyl sites for hydroxylation is 1. The van der Waals surface area contributed by atoms with Crippen molar-refractivity contribution in [1.82, 2.24) is 10.2 Å². The molecule has 0 aliphatic carbocycles. The minimum Gasteiger partial charge on any atom is -0.481 e. The number of nitrogens with one attached hydrogen (secondary N) is 1. The monoisotopic (exact) mass is 312 g/mol. The fourth-order valence-electron chi connectivity index (χ4n) is 2.54. The van der Waals surface area contributed by atoms with Gasteiger partial charge >= 0.3 is 0 Å². The summed E-state index contributed by atoms with van der Waals surface area (Å²) >= 11 is 0. The molecule has 1 aliphatic heterocycles. The van der Waals surface area contributed by atoms with Gasteiger partial charge in [0.25, 0.3) is 5.91 Å². The Morgan fingerprint density at radius 3 is 2.67 bits per heavy atom. The Labute approximate surface area is 133 Å². The highest BCUT2D eigenvalue weighted by Gasteiger charge is 2.27. The van der Waals surface area contributed by atoms with E-state index in [-0.39, 0.29) is 18.3 Å². The molecule has 1 heterocycles. The van der Waals surface area contributed by atoms with Crippen LogP contribution in [0, 0.1) is 6.92 Å². The minimum atomic E-state index is -0.437. The molecular formula is C16H25ClN2O2. The maximum Gasteiger partial charge on any atom is 0.263 e. The number of carbonyl (C=O) groups is 1. The van der Waals surface area contributed by atoms with Crippen molar-refractivity contribution >= 4 is 18.3 Å². The molecule has 1 N–H and O–H groups in total. The predicted octanol–water partition coefficient (Wildman–Crippen LogP) is 2.39. The molecule has 2 rings (SSSR count). The molecule has 21 heavy (non-hydrogen) atoms. The quantitative estimate of drug-likeness (QED) is 0.928. The standard InChI is InChI=1S/C16H24N2O2.ClH/c1-12-6-8-15(9-7-12)20-13(2)16(19)18-10-4-5-14(11-18)17-3;/h6-9,13-14,17H,4-5,10-11H2,1-3H3;1H. The normalized spacial score (nSPS) is 19.6. The zero-order chi connectivity index (χ0) is 14.5. The highest BCUT2D eigenvalue weighted by atomic mass is 35.5. The molecule has 0 bridgehead atoms. The first-order chi connectivity index (χ1) is 9.60. The van der Waals surface area contributed by atoms with Crippen molar-refractivity contribution in [2.24, 2.45) is 0 Å². The van der Waals surface area contributed by atoms with E-state index in [0.29, 0.717) is 6.04 Å². The summed E-state index contributed by atoms with van der Waals surface area (Å²) in [6, 6.07) is 8.20. The molecule has 2 unspecified atom stereocenters. The van der Waals surface area contributed by atoms with Crippen LogP contribution in [0.1, 0.15) is 25.3 Å². The van der Waals surface area contributed by atoms with Gasteiger partial charge in [-0.3, -0.25) is 4.79 Å². The Kier molecular flexibility index (Phi) is 6.99. The molecule has 1 aliphatic rings. The molecule has 4 nitrogen and oxygen atoms in total. The summed E-state index contributed by atoms with van der Waals surface area (Å²) < 4.78 is 5.74. The van der Waals surface area contributed by atoms with Gasteiger partial charge in [-0.05, 0) is 45.9 Å². The van der Waals surface area contributed by atoms with Crippen LogP contribution in [0.4, 0.5) is 0 Å². The molecule has 1 aromatic carbocycles. The molecule has 2 atom stereocenters. The van der Waals surface area contributed by atoms with Gasteiger partial charge in [0.2, 0.25) is 0 Å². The number of hydrogen-bond acceptors (Lipinski definition) is 3. The zero-order valence-corrected chi connectivity index (χ0v) is 13.8. The highest BCUT2D eigenvalue weighted by Crippen LogP contribution is 2.16. The van der Waals surface area contributed by atoms with Gasteiger partial charge in [0.15, 0.2) is 6.10 Å². The van der Waals surface area contributed by atoms with E-state index in [1.54, 1.807) is 0 Å². The van der Waals surface area contributed by atoms with E-state index in [1.165, 1.54) is 5.56 Å². The van der Waals surface area contributed by atoms with E-state index < -0.39 is 6.10 Å². The van der Waals surface area contributed by atoms with Gasteiger partial charge in [-0.1, -0.05) is 17.7 Å². The summed E-state index contributed by atoms with van der Waals surface area (Å²) in [6.07, 6.45) is 1.75. The van der Waals surface area contributed by atoms with Crippen LogP contribution in [0.15, 0.2) is 24.3 Å². The second-order valence-electron chi connectivity index (χ2n) is 5.49. The summed E-state index contributed by atoms with van der Waals surface area (Å²) in [7, 11) is 1.95. The molecule has 1 amide bonds. The van der Waals surface area contributed by atoms with Crippen LogP contribution in [-0.2, 0) is 4.79 Å². The average Bonchev–Trinajstić information content (AvgIpc) is 2.48. The Morgan fingerprint density at radius 1 is 1.38 bits per heavy atom. The van der Waals surface area contributed by atoms with Crippen molar-refractivity contribution in [3.8, 4) is 5.75 Å². The predicted molar refractivity (Wildman–Crippen MR) is 87.2 cm³/mol. The fraction of sp³-hybridized carbons (Fsp3) is 0.562. The van der Waals surface area contributed by atoms with E-state index >= 15 is 0 Å². The molecule has 1 aromatic rings. The molecule has 0 saturated carbocycles. The number of hydrogen-bond donors (Lipinski definition) is 1. The van der Waals surface area contributed by atoms with E-state index in [9.17, 15) is 4.79 Å². The first-order valence-corrected chi connectivity index (χ1v) is 7.29. The number of amides is 1. The van der Waals surface area contributed by atoms with Crippen LogP contribution in [0.3, 0.4) is 0 Å². The Balaban J connectivity index is 0.00000220. The Morgan fingerprint density at radius 2 is 2.05 bits per heavy atom. The topological polar surface area (TPSA) is 41.6 Å². The number of benzene rings is 1. The van der Waals surface area contributed by atoms with Crippen molar-refractivity contribution in [3.63, 3.8) is 0 Å². The lowest BCUT2D eigenvalue weighted by Crippen LogP contribution is -2.50. The van der Waals surface area contributed by atoms with Crippen LogP contribution < -0.4 is 10.1 Å². The van der Waals surface area contributed by atoms with Gasteiger partial charge in [0, 0.05) is 19.1 Å². The number of carbonyl (C=O) groups excluding carboxylic acids is 1. The van der Waals surface area contributed by atoms with E-state index in [4.69, 9.17) is 4.74 Å². The number of piperidine rings is 1. The van der Waals surface area contributed by atoms with Crippen molar-refractivity contribution in [1.29, 1.82) is 0 Å². The highest BCUT2D eigenvalue weighted by molar-refractivity contribution is 5.85. The lowest BCUT2D eigenvalue weighted by atomic mass is 10.1. The minimum absolute atomic E-state index is 0. The number of likely N-dealkylation sites (N-methyl/N-ethyl adjacent to an activating group) is 1. The van der Waals surface area contributed by atoms with Crippen LogP contribution in [-0.4, -0.2) is 43.1 Å². The molecule has 0 spiro atoms. The lowest BCUT2D eigenvalue weighted by Gasteiger charge is -2.34. The molecular weight excluding hydrogens is 288 g/mol. The summed E-state index contributed by atoms with van der Waals surface area (Å²) in [5, 5.41) is 3.25. The van der Waals surface area contributed by atoms with Gasteiger partial charge in [0.05, 0.1) is 0 Å². The van der Waals surface area contributed by atoms with Gasteiger partial charge in [-0.2, -0.15) is 0 Å². The van der Waals surface area contributed by atoms with Crippen molar-refractivity contribution in [3.05, 3.63) is 29.8 Å². The molecule has 5 heteroatoms. The second kappa shape index (κ2) is 8.25. The third kappa shape index (κ3) is 4.90. The Bertz CT molecular complexity index is 450. The summed E-state index contributed by atoms with van der Waals surface area (Å²) in [6.45, 7) is 5.46. The first-order valence-electron chi connectivity index (χ1n) is 7.29. The molecule has 118 valence electrons. The number of rotatable bonds is 4. The maximum atomic E-state index is 12.4. The summed E-state index contributed by atoms with van der Waals surface area (Å²) in [5.41, 5.74) is 1.18. The molecule has 0 radical (unpaired) electrons. The van der Waals surface area contributed by atoms with Gasteiger partial charge in [0.1, 0.15) is 5.75 Å². The SMILES string of the molecule is CNC1CCCN(C(=O)C(C)Oc2ccc(C)cc2)C1.Cl. The largest absolute Gasteiger partial charge is 0.481 e. The lowest BCUT2D eigenvalue weighted by molar-refractivity contribution is -0.139. The third-order valence-electron chi connectivity index (χ3n) is 3.82. The third-order valence-corrected chi connectivity index (χ3v) is 3.82. The van der Waals surface area contributed by atoms with Crippen LogP contribution in [0.2, 0.25) is 0 Å². The average molecular weight is 313 g/mol. The number of ether oxygens (including phenoxy) is 1. The van der Waals surface area contributed by atoms with E-state index in [1.807, 2.05) is 50.1 Å². The van der Waals surface area contributed by atoms with Crippen LogP contribution in [0.25, 0.3) is 0 Å². The first kappa shape index (κ1) is 17.8. The van der Waals surface area contributed by atoms with Crippen molar-refractivity contribution in [2.45, 2.75) is 38.8 Å². The number of likely N-dealkylation sites (tertiary alicyclic amines) is 1. The summed E-state index contributed by atoms with van der Waals surface area (Å²) in [5.74, 6) is 0.823. The van der Waals surface area contributed by atoms with Crippen LogP contribution in [0.5, 0.6) is 5.75 Å². The fourth-order valence-corrected chi connectivity index (χ4v) is 2.54. The molecule has 1 fully saturated rings. The molecule has 1 saturated heterocycles. The van der Waals surface area contributed by atoms with Crippen molar-refractivity contribution in [2.75, 3.05) is 20.1 Å². The van der Waals surface area contributed by atoms with Crippen LogP contribution >= 0.6 is 12.4 Å². The van der Waals surface area contributed by atoms with E-state index in [2.05, 4.69) is 5.32 Å². The number of halogens is 1. The van der Waals surface area contributed by atoms with Crippen molar-refractivity contribution < 1.29 is 9.53 Å². The zero-order valence-electron chi connectivity index (χ0n) is 13.0. The second-order valence-corrected chi connectivity index (χ2v) is 5.49. The smallest absolute Gasteiger partial charge is 0.263 e. The van der Waals surface area contributed by atoms with Gasteiger partial charge in [-0.25, -0.2) is 0 Å². The van der Waals surface area contributed by atoms with E-state index in [0.717, 1.165) is 31.7 Å². The maximum absolute atomic E-state index is 12.4. The Hall–Kier alpha value is -1.26. The summed E-state index contributed by atoms with van der Waals surface area (Å²) in [4.78, 5) is 14.3.